The third-order valence-corrected chi connectivity index (χ3v) is 2.08. The van der Waals surface area contributed by atoms with Crippen LogP contribution in [0.2, 0.25) is 0 Å². The van der Waals surface area contributed by atoms with Gasteiger partial charge in [0.2, 0.25) is 0 Å². The topological polar surface area (TPSA) is 32.3 Å². The van der Waals surface area contributed by atoms with Crippen LogP contribution in [-0.4, -0.2) is 37.5 Å². The minimum absolute atomic E-state index is 0. The molecular formula is C7H13N2OY-. The minimum Gasteiger partial charge on any atom is -0.529 e. The molecule has 0 aliphatic carbocycles. The summed E-state index contributed by atoms with van der Waals surface area (Å²) in [6.07, 6.45) is 4.14. The van der Waals surface area contributed by atoms with Gasteiger partial charge in [-0.1, -0.05) is 0 Å². The van der Waals surface area contributed by atoms with Crippen LogP contribution in [0.25, 0.3) is 0 Å². The average molecular weight is 230 g/mol. The maximum Gasteiger partial charge on any atom is 0.0241 e. The number of hydrogen-bond donors (Lipinski definition) is 1. The molecule has 0 bridgehead atoms. The smallest absolute Gasteiger partial charge is 0.0241 e. The molecule has 1 aliphatic heterocycles. The first-order valence-corrected chi connectivity index (χ1v) is 3.65. The van der Waals surface area contributed by atoms with Crippen LogP contribution in [0.15, 0.2) is 0 Å². The molecular weight excluding hydrogens is 217 g/mol. The average Bonchev–Trinajstić information content (AvgIpc) is 2.31. The van der Waals surface area contributed by atoms with E-state index >= 15 is 0 Å². The summed E-state index contributed by atoms with van der Waals surface area (Å²) in [5.41, 5.74) is 0. The van der Waals surface area contributed by atoms with Gasteiger partial charge in [-0.25, -0.2) is 0 Å². The van der Waals surface area contributed by atoms with Gasteiger partial charge in [-0.15, -0.1) is 0 Å². The second-order valence-electron chi connectivity index (χ2n) is 2.76. The molecule has 61 valence electrons. The van der Waals surface area contributed by atoms with E-state index in [1.54, 1.807) is 6.41 Å². The van der Waals surface area contributed by atoms with Crippen molar-refractivity contribution in [2.75, 3.05) is 20.1 Å². The normalized spacial score (nSPS) is 24.3. The minimum atomic E-state index is 0. The second-order valence-corrected chi connectivity index (χ2v) is 2.76. The molecule has 1 unspecified atom stereocenters. The number of likely N-dealkylation sites (tertiary alicyclic amines) is 1. The van der Waals surface area contributed by atoms with Crippen molar-refractivity contribution in [2.45, 2.75) is 18.9 Å². The summed E-state index contributed by atoms with van der Waals surface area (Å²) in [6, 6.07) is 0.543. The van der Waals surface area contributed by atoms with Crippen LogP contribution in [0, 0.1) is 0 Å². The van der Waals surface area contributed by atoms with Crippen LogP contribution < -0.4 is 5.32 Å². The maximum absolute atomic E-state index is 9.81. The van der Waals surface area contributed by atoms with Gasteiger partial charge in [0.25, 0.3) is 0 Å². The quantitative estimate of drug-likeness (QED) is 0.535. The van der Waals surface area contributed by atoms with E-state index in [0.29, 0.717) is 6.04 Å². The molecule has 1 fully saturated rings. The first kappa shape index (κ1) is 11.5. The van der Waals surface area contributed by atoms with Crippen molar-refractivity contribution in [3.05, 3.63) is 0 Å². The Morgan fingerprint density at radius 3 is 2.91 bits per heavy atom. The van der Waals surface area contributed by atoms with Crippen molar-refractivity contribution in [1.82, 2.24) is 10.2 Å². The molecule has 1 rings (SSSR count). The fourth-order valence-corrected chi connectivity index (χ4v) is 1.40. The molecule has 0 saturated carbocycles. The zero-order chi connectivity index (χ0) is 7.40. The van der Waals surface area contributed by atoms with Gasteiger partial charge in [-0.05, 0) is 26.4 Å². The zero-order valence-corrected chi connectivity index (χ0v) is 9.68. The largest absolute Gasteiger partial charge is 0.529 e. The van der Waals surface area contributed by atoms with Crippen LogP contribution in [0.5, 0.6) is 0 Å². The number of likely N-dealkylation sites (N-methyl/N-ethyl adjacent to an activating group) is 1. The summed E-state index contributed by atoms with van der Waals surface area (Å²) in [5, 5.41) is 2.57. The van der Waals surface area contributed by atoms with Crippen molar-refractivity contribution in [2.24, 2.45) is 0 Å². The van der Waals surface area contributed by atoms with E-state index in [1.165, 1.54) is 12.8 Å². The van der Waals surface area contributed by atoms with Gasteiger partial charge in [0.1, 0.15) is 0 Å². The SMILES string of the molecule is CN1CCCC1CN[C-]=O.[Y]. The van der Waals surface area contributed by atoms with Gasteiger partial charge in [-0.3, -0.25) is 0 Å². The monoisotopic (exact) mass is 230 g/mol. The van der Waals surface area contributed by atoms with Gasteiger partial charge in [0, 0.05) is 45.3 Å². The summed E-state index contributed by atoms with van der Waals surface area (Å²) >= 11 is 0. The van der Waals surface area contributed by atoms with Gasteiger partial charge in [0.05, 0.1) is 0 Å². The van der Waals surface area contributed by atoms with Crippen molar-refractivity contribution < 1.29 is 37.5 Å². The Morgan fingerprint density at radius 2 is 2.45 bits per heavy atom. The molecule has 1 heterocycles. The number of nitrogens with zero attached hydrogens (tertiary/aromatic N) is 1. The summed E-state index contributed by atoms with van der Waals surface area (Å²) in [7, 11) is 2.09. The molecule has 1 atom stereocenters. The molecule has 0 aromatic rings. The van der Waals surface area contributed by atoms with Gasteiger partial charge >= 0.3 is 0 Å². The number of hydrogen-bond acceptors (Lipinski definition) is 2. The van der Waals surface area contributed by atoms with Crippen LogP contribution in [0.4, 0.5) is 0 Å². The number of amides is 1. The second kappa shape index (κ2) is 6.09. The predicted molar refractivity (Wildman–Crippen MR) is 39.3 cm³/mol. The molecule has 0 spiro atoms. The summed E-state index contributed by atoms with van der Waals surface area (Å²) in [6.45, 7) is 1.91. The third kappa shape index (κ3) is 3.63. The van der Waals surface area contributed by atoms with E-state index in [0.717, 1.165) is 13.1 Å². The Balaban J connectivity index is 0.000001000. The van der Waals surface area contributed by atoms with Crippen molar-refractivity contribution in [3.8, 4) is 0 Å². The Morgan fingerprint density at radius 1 is 1.73 bits per heavy atom. The number of nitrogens with one attached hydrogen (secondary N) is 1. The van der Waals surface area contributed by atoms with E-state index in [1.807, 2.05) is 0 Å². The molecule has 11 heavy (non-hydrogen) atoms. The third-order valence-electron chi connectivity index (χ3n) is 2.08. The molecule has 3 nitrogen and oxygen atoms in total. The molecule has 1 saturated heterocycles. The van der Waals surface area contributed by atoms with Crippen molar-refractivity contribution >= 4 is 6.41 Å². The summed E-state index contributed by atoms with van der Waals surface area (Å²) in [5.74, 6) is 0. The van der Waals surface area contributed by atoms with Gasteiger partial charge < -0.3 is 15.0 Å². The first-order chi connectivity index (χ1) is 4.84. The molecule has 1 amide bonds. The van der Waals surface area contributed by atoms with E-state index in [9.17, 15) is 4.79 Å². The molecule has 4 heteroatoms. The zero-order valence-electron chi connectivity index (χ0n) is 6.84. The number of carbonyl (C=O) groups excluding carboxylic acids is 1. The molecule has 1 radical (unpaired) electrons. The van der Waals surface area contributed by atoms with E-state index < -0.39 is 0 Å². The Labute approximate surface area is 92.8 Å². The van der Waals surface area contributed by atoms with E-state index in [-0.39, 0.29) is 32.7 Å². The first-order valence-electron chi connectivity index (χ1n) is 3.65. The Hall–Kier alpha value is 0.534. The van der Waals surface area contributed by atoms with Gasteiger partial charge in [-0.2, -0.15) is 6.41 Å². The number of rotatable bonds is 3. The molecule has 1 aliphatic rings. The summed E-state index contributed by atoms with van der Waals surface area (Å²) < 4.78 is 0. The van der Waals surface area contributed by atoms with Crippen LogP contribution in [0.3, 0.4) is 0 Å². The van der Waals surface area contributed by atoms with E-state index in [2.05, 4.69) is 17.3 Å². The van der Waals surface area contributed by atoms with Crippen LogP contribution >= 0.6 is 0 Å². The van der Waals surface area contributed by atoms with Crippen molar-refractivity contribution in [3.63, 3.8) is 0 Å². The van der Waals surface area contributed by atoms with E-state index in [4.69, 9.17) is 0 Å². The Kier molecular flexibility index (Phi) is 6.39. The van der Waals surface area contributed by atoms with Crippen molar-refractivity contribution in [1.29, 1.82) is 0 Å². The van der Waals surface area contributed by atoms with Gasteiger partial charge in [0.15, 0.2) is 0 Å². The van der Waals surface area contributed by atoms with Crippen LogP contribution in [0.1, 0.15) is 12.8 Å². The predicted octanol–water partition coefficient (Wildman–Crippen LogP) is -0.265. The summed E-state index contributed by atoms with van der Waals surface area (Å²) in [4.78, 5) is 12.1. The molecule has 1 N–H and O–H groups in total. The molecule has 0 aromatic heterocycles. The maximum atomic E-state index is 9.81. The standard InChI is InChI=1S/C7H13N2O.Y/c1-9-4-2-3-7(9)5-8-6-10;/h7H,2-5H2,1H3,(H,8,10);/q-1;. The van der Waals surface area contributed by atoms with Crippen LogP contribution in [-0.2, 0) is 37.5 Å². The Bertz CT molecular complexity index is 121. The molecule has 0 aromatic carbocycles. The fraction of sp³-hybridized carbons (Fsp3) is 0.857. The fourth-order valence-electron chi connectivity index (χ4n) is 1.40.